The number of ether oxygens (including phenoxy) is 2. The van der Waals surface area contributed by atoms with Gasteiger partial charge in [-0.15, -0.1) is 12.8 Å². The van der Waals surface area contributed by atoms with Gasteiger partial charge >= 0.3 is 0 Å². The molecular weight excluding hydrogens is 296 g/mol. The number of hydrogen-bond acceptors (Lipinski definition) is 2. The van der Waals surface area contributed by atoms with Gasteiger partial charge in [0.2, 0.25) is 0 Å². The summed E-state index contributed by atoms with van der Waals surface area (Å²) in [6.07, 6.45) is 10.8. The Morgan fingerprint density at radius 3 is 1.33 bits per heavy atom. The van der Waals surface area contributed by atoms with E-state index in [0.717, 1.165) is 11.1 Å². The average molecular weight is 310 g/mol. The lowest BCUT2D eigenvalue weighted by Gasteiger charge is -2.09. The van der Waals surface area contributed by atoms with E-state index in [4.69, 9.17) is 22.3 Å². The van der Waals surface area contributed by atoms with Crippen molar-refractivity contribution in [3.8, 4) is 47.7 Å². The highest BCUT2D eigenvalue weighted by molar-refractivity contribution is 5.44. The molecule has 3 rings (SSSR count). The standard InChI is InChI=1S/C22H14O2/c1-3-17-8-5-10-19(14-17)23-21-12-7-13-22(16-21)24-20-11-6-9-18(4-2)15-20/h1-2,5-16H. The van der Waals surface area contributed by atoms with E-state index in [2.05, 4.69) is 11.8 Å². The molecule has 3 aromatic rings. The maximum absolute atomic E-state index is 5.84. The Kier molecular flexibility index (Phi) is 4.52. The van der Waals surface area contributed by atoms with Crippen molar-refractivity contribution in [2.24, 2.45) is 0 Å². The molecule has 0 N–H and O–H groups in total. The highest BCUT2D eigenvalue weighted by Crippen LogP contribution is 2.28. The quantitative estimate of drug-likeness (QED) is 0.614. The van der Waals surface area contributed by atoms with Gasteiger partial charge < -0.3 is 9.47 Å². The molecule has 0 spiro atoms. The fourth-order valence-corrected chi connectivity index (χ4v) is 2.17. The normalized spacial score (nSPS) is 9.58. The first-order valence-corrected chi connectivity index (χ1v) is 7.36. The van der Waals surface area contributed by atoms with E-state index in [-0.39, 0.29) is 0 Å². The van der Waals surface area contributed by atoms with E-state index in [1.165, 1.54) is 0 Å². The van der Waals surface area contributed by atoms with Gasteiger partial charge in [-0.25, -0.2) is 0 Å². The summed E-state index contributed by atoms with van der Waals surface area (Å²) >= 11 is 0. The van der Waals surface area contributed by atoms with Crippen LogP contribution in [-0.2, 0) is 0 Å². The molecule has 0 bridgehead atoms. The van der Waals surface area contributed by atoms with E-state index in [1.807, 2.05) is 72.8 Å². The van der Waals surface area contributed by atoms with Crippen LogP contribution in [-0.4, -0.2) is 0 Å². The molecule has 2 heteroatoms. The molecule has 0 radical (unpaired) electrons. The van der Waals surface area contributed by atoms with Crippen molar-refractivity contribution in [3.63, 3.8) is 0 Å². The Balaban J connectivity index is 1.79. The third-order valence-electron chi connectivity index (χ3n) is 3.28. The molecule has 0 amide bonds. The maximum Gasteiger partial charge on any atom is 0.131 e. The number of rotatable bonds is 4. The summed E-state index contributed by atoms with van der Waals surface area (Å²) in [7, 11) is 0. The highest BCUT2D eigenvalue weighted by Gasteiger charge is 2.03. The van der Waals surface area contributed by atoms with Crippen LogP contribution in [0.1, 0.15) is 11.1 Å². The van der Waals surface area contributed by atoms with Crippen molar-refractivity contribution < 1.29 is 9.47 Å². The molecule has 0 aliphatic rings. The summed E-state index contributed by atoms with van der Waals surface area (Å²) < 4.78 is 11.7. The minimum Gasteiger partial charge on any atom is -0.457 e. The second kappa shape index (κ2) is 7.09. The molecular formula is C22H14O2. The van der Waals surface area contributed by atoms with Crippen molar-refractivity contribution >= 4 is 0 Å². The zero-order valence-electron chi connectivity index (χ0n) is 12.9. The monoisotopic (exact) mass is 310 g/mol. The lowest BCUT2D eigenvalue weighted by molar-refractivity contribution is 0.460. The molecule has 3 aromatic carbocycles. The van der Waals surface area contributed by atoms with Gasteiger partial charge in [0.25, 0.3) is 0 Å². The predicted octanol–water partition coefficient (Wildman–Crippen LogP) is 5.23. The summed E-state index contributed by atoms with van der Waals surface area (Å²) in [6.45, 7) is 0. The third kappa shape index (κ3) is 3.77. The van der Waals surface area contributed by atoms with Gasteiger partial charge in [0.05, 0.1) is 0 Å². The van der Waals surface area contributed by atoms with Gasteiger partial charge in [-0.2, -0.15) is 0 Å². The summed E-state index contributed by atoms with van der Waals surface area (Å²) in [5.41, 5.74) is 1.54. The molecule has 0 heterocycles. The van der Waals surface area contributed by atoms with E-state index in [0.29, 0.717) is 23.0 Å². The lowest BCUT2D eigenvalue weighted by atomic mass is 10.2. The molecule has 0 saturated heterocycles. The molecule has 0 fully saturated rings. The van der Waals surface area contributed by atoms with Crippen molar-refractivity contribution in [2.45, 2.75) is 0 Å². The minimum atomic E-state index is 0.662. The van der Waals surface area contributed by atoms with Crippen LogP contribution in [0.5, 0.6) is 23.0 Å². The topological polar surface area (TPSA) is 18.5 Å². The third-order valence-corrected chi connectivity index (χ3v) is 3.28. The first-order chi connectivity index (χ1) is 11.8. The van der Waals surface area contributed by atoms with Gasteiger partial charge in [0.1, 0.15) is 23.0 Å². The molecule has 0 aliphatic heterocycles. The Labute approximate surface area is 141 Å². The van der Waals surface area contributed by atoms with Crippen LogP contribution in [0.3, 0.4) is 0 Å². The first-order valence-electron chi connectivity index (χ1n) is 7.36. The predicted molar refractivity (Wildman–Crippen MR) is 95.3 cm³/mol. The van der Waals surface area contributed by atoms with Gasteiger partial charge in [0.15, 0.2) is 0 Å². The van der Waals surface area contributed by atoms with Crippen LogP contribution >= 0.6 is 0 Å². The SMILES string of the molecule is C#Cc1cccc(Oc2cccc(Oc3cccc(C#C)c3)c2)c1. The van der Waals surface area contributed by atoms with Gasteiger partial charge in [-0.05, 0) is 48.5 Å². The molecule has 0 aliphatic carbocycles. The van der Waals surface area contributed by atoms with Crippen LogP contribution < -0.4 is 9.47 Å². The summed E-state index contributed by atoms with van der Waals surface area (Å²) in [5, 5.41) is 0. The molecule has 0 atom stereocenters. The Hall–Kier alpha value is -3.62. The van der Waals surface area contributed by atoms with Gasteiger partial charge in [0, 0.05) is 17.2 Å². The van der Waals surface area contributed by atoms with Crippen molar-refractivity contribution in [2.75, 3.05) is 0 Å². The highest BCUT2D eigenvalue weighted by atomic mass is 16.5. The van der Waals surface area contributed by atoms with Crippen LogP contribution in [0, 0.1) is 24.7 Å². The van der Waals surface area contributed by atoms with E-state index in [1.54, 1.807) is 0 Å². The Morgan fingerprint density at radius 2 is 0.917 bits per heavy atom. The molecule has 24 heavy (non-hydrogen) atoms. The van der Waals surface area contributed by atoms with Crippen LogP contribution in [0.15, 0.2) is 72.8 Å². The summed E-state index contributed by atoms with van der Waals surface area (Å²) in [5.74, 6) is 7.85. The van der Waals surface area contributed by atoms with Crippen LogP contribution in [0.2, 0.25) is 0 Å². The van der Waals surface area contributed by atoms with Gasteiger partial charge in [-0.1, -0.05) is 30.0 Å². The van der Waals surface area contributed by atoms with Crippen LogP contribution in [0.4, 0.5) is 0 Å². The fraction of sp³-hybridized carbons (Fsp3) is 0. The van der Waals surface area contributed by atoms with E-state index >= 15 is 0 Å². The van der Waals surface area contributed by atoms with Gasteiger partial charge in [-0.3, -0.25) is 0 Å². The van der Waals surface area contributed by atoms with E-state index < -0.39 is 0 Å². The first kappa shape index (κ1) is 15.3. The average Bonchev–Trinajstić information content (AvgIpc) is 2.62. The Morgan fingerprint density at radius 1 is 0.542 bits per heavy atom. The zero-order chi connectivity index (χ0) is 16.8. The van der Waals surface area contributed by atoms with Crippen molar-refractivity contribution in [1.29, 1.82) is 0 Å². The molecule has 0 unspecified atom stereocenters. The number of hydrogen-bond donors (Lipinski definition) is 0. The summed E-state index contributed by atoms with van der Waals surface area (Å²) in [6, 6.07) is 22.1. The molecule has 0 saturated carbocycles. The maximum atomic E-state index is 5.84. The van der Waals surface area contributed by atoms with E-state index in [9.17, 15) is 0 Å². The Bertz CT molecular complexity index is 868. The minimum absolute atomic E-state index is 0.662. The van der Waals surface area contributed by atoms with Crippen molar-refractivity contribution in [1.82, 2.24) is 0 Å². The molecule has 114 valence electrons. The summed E-state index contributed by atoms with van der Waals surface area (Å²) in [4.78, 5) is 0. The second-order valence-corrected chi connectivity index (χ2v) is 5.02. The fourth-order valence-electron chi connectivity index (χ4n) is 2.17. The zero-order valence-corrected chi connectivity index (χ0v) is 12.9. The van der Waals surface area contributed by atoms with Crippen LogP contribution in [0.25, 0.3) is 0 Å². The number of terminal acetylenes is 2. The van der Waals surface area contributed by atoms with Crippen molar-refractivity contribution in [3.05, 3.63) is 83.9 Å². The molecule has 0 aromatic heterocycles. The lowest BCUT2D eigenvalue weighted by Crippen LogP contribution is -1.88. The molecule has 2 nitrogen and oxygen atoms in total. The second-order valence-electron chi connectivity index (χ2n) is 5.02. The number of benzene rings is 3. The smallest absolute Gasteiger partial charge is 0.131 e. The largest absolute Gasteiger partial charge is 0.457 e.